The van der Waals surface area contributed by atoms with Crippen molar-refractivity contribution in [2.24, 2.45) is 0 Å². The van der Waals surface area contributed by atoms with Crippen molar-refractivity contribution in [1.29, 1.82) is 0 Å². The fourth-order valence-corrected chi connectivity index (χ4v) is 2.22. The maximum absolute atomic E-state index is 5.90. The second-order valence-corrected chi connectivity index (χ2v) is 5.50. The summed E-state index contributed by atoms with van der Waals surface area (Å²) in [6.45, 7) is 8.93. The van der Waals surface area contributed by atoms with E-state index in [0.29, 0.717) is 12.6 Å². The van der Waals surface area contributed by atoms with Crippen LogP contribution in [0.5, 0.6) is 5.75 Å². The van der Waals surface area contributed by atoms with Crippen LogP contribution in [0.2, 0.25) is 0 Å². The topological polar surface area (TPSA) is 39.1 Å². The number of imidazole rings is 1. The third-order valence-corrected chi connectivity index (χ3v) is 3.34. The van der Waals surface area contributed by atoms with Gasteiger partial charge in [0.05, 0.1) is 18.2 Å². The van der Waals surface area contributed by atoms with Crippen LogP contribution in [0.25, 0.3) is 0 Å². The number of ether oxygens (including phenoxy) is 1. The third kappa shape index (κ3) is 4.60. The number of hydrogen-bond donors (Lipinski definition) is 1. The Kier molecular flexibility index (Phi) is 5.81. The Hall–Kier alpha value is -1.81. The Morgan fingerprint density at radius 3 is 2.95 bits per heavy atom. The van der Waals surface area contributed by atoms with Crippen LogP contribution in [0.15, 0.2) is 36.8 Å². The maximum Gasteiger partial charge on any atom is 0.130 e. The second-order valence-electron chi connectivity index (χ2n) is 5.50. The fraction of sp³-hybridized carbons (Fsp3) is 0.471. The van der Waals surface area contributed by atoms with Crippen LogP contribution < -0.4 is 10.1 Å². The molecule has 0 unspecified atom stereocenters. The highest BCUT2D eigenvalue weighted by molar-refractivity contribution is 5.28. The van der Waals surface area contributed by atoms with E-state index in [1.807, 2.05) is 24.7 Å². The van der Waals surface area contributed by atoms with Crippen molar-refractivity contribution in [1.82, 2.24) is 14.9 Å². The van der Waals surface area contributed by atoms with E-state index in [-0.39, 0.29) is 0 Å². The molecule has 1 aromatic carbocycles. The molecule has 0 bridgehead atoms. The van der Waals surface area contributed by atoms with Gasteiger partial charge in [-0.15, -0.1) is 0 Å². The van der Waals surface area contributed by atoms with Crippen LogP contribution in [-0.4, -0.2) is 16.1 Å². The first-order valence-electron chi connectivity index (χ1n) is 7.64. The maximum atomic E-state index is 5.90. The molecule has 0 fully saturated rings. The van der Waals surface area contributed by atoms with E-state index >= 15 is 0 Å². The van der Waals surface area contributed by atoms with E-state index in [9.17, 15) is 0 Å². The molecule has 2 aromatic rings. The predicted molar refractivity (Wildman–Crippen MR) is 85.4 cm³/mol. The lowest BCUT2D eigenvalue weighted by Crippen LogP contribution is -2.13. The Balaban J connectivity index is 1.93. The first kappa shape index (κ1) is 15.6. The number of nitrogens with zero attached hydrogens (tertiary/aromatic N) is 2. The van der Waals surface area contributed by atoms with E-state index in [1.165, 1.54) is 5.56 Å². The summed E-state index contributed by atoms with van der Waals surface area (Å²) >= 11 is 0. The van der Waals surface area contributed by atoms with Gasteiger partial charge in [0.2, 0.25) is 0 Å². The largest absolute Gasteiger partial charge is 0.487 e. The molecule has 4 nitrogen and oxygen atoms in total. The number of aromatic nitrogens is 2. The zero-order chi connectivity index (χ0) is 15.1. The standard InChI is InChI=1S/C17H25N3O/c1-4-8-18-10-15-6-5-7-17(9-15)21-12-16-11-19-13-20(16)14(2)3/h5-7,9,11,13-14,18H,4,8,10,12H2,1-3H3. The van der Waals surface area contributed by atoms with Gasteiger partial charge in [0.1, 0.15) is 12.4 Å². The summed E-state index contributed by atoms with van der Waals surface area (Å²) < 4.78 is 8.03. The summed E-state index contributed by atoms with van der Waals surface area (Å²) in [4.78, 5) is 4.20. The molecule has 0 spiro atoms. The average Bonchev–Trinajstić information content (AvgIpc) is 2.94. The van der Waals surface area contributed by atoms with E-state index in [2.05, 4.69) is 47.8 Å². The van der Waals surface area contributed by atoms with Gasteiger partial charge in [0, 0.05) is 12.6 Å². The first-order chi connectivity index (χ1) is 10.2. The molecule has 4 heteroatoms. The molecule has 0 aliphatic rings. The number of benzene rings is 1. The summed E-state index contributed by atoms with van der Waals surface area (Å²) in [5.41, 5.74) is 2.35. The highest BCUT2D eigenvalue weighted by atomic mass is 16.5. The molecule has 0 saturated carbocycles. The fourth-order valence-electron chi connectivity index (χ4n) is 2.22. The normalized spacial score (nSPS) is 11.0. The zero-order valence-electron chi connectivity index (χ0n) is 13.2. The Morgan fingerprint density at radius 2 is 2.19 bits per heavy atom. The Bertz CT molecular complexity index is 548. The van der Waals surface area contributed by atoms with Gasteiger partial charge < -0.3 is 14.6 Å². The van der Waals surface area contributed by atoms with E-state index in [0.717, 1.165) is 31.0 Å². The molecule has 0 amide bonds. The molecule has 1 aromatic heterocycles. The monoisotopic (exact) mass is 287 g/mol. The first-order valence-corrected chi connectivity index (χ1v) is 7.64. The number of nitrogens with one attached hydrogen (secondary N) is 1. The van der Waals surface area contributed by atoms with Crippen molar-refractivity contribution < 1.29 is 4.74 Å². The van der Waals surface area contributed by atoms with Gasteiger partial charge in [-0.3, -0.25) is 0 Å². The molecule has 114 valence electrons. The Morgan fingerprint density at radius 1 is 1.33 bits per heavy atom. The van der Waals surface area contributed by atoms with E-state index in [4.69, 9.17) is 4.74 Å². The van der Waals surface area contributed by atoms with Crippen LogP contribution in [0, 0.1) is 0 Å². The van der Waals surface area contributed by atoms with E-state index in [1.54, 1.807) is 0 Å². The average molecular weight is 287 g/mol. The quantitative estimate of drug-likeness (QED) is 0.755. The van der Waals surface area contributed by atoms with Gasteiger partial charge in [0.15, 0.2) is 0 Å². The molecule has 21 heavy (non-hydrogen) atoms. The van der Waals surface area contributed by atoms with Gasteiger partial charge in [-0.25, -0.2) is 4.98 Å². The SMILES string of the molecule is CCCNCc1cccc(OCc2cncn2C(C)C)c1. The molecule has 0 aliphatic heterocycles. The number of rotatable bonds is 8. The molecular formula is C17H25N3O. The minimum Gasteiger partial charge on any atom is -0.487 e. The predicted octanol–water partition coefficient (Wildman–Crippen LogP) is 3.54. The van der Waals surface area contributed by atoms with Crippen LogP contribution in [0.3, 0.4) is 0 Å². The third-order valence-electron chi connectivity index (χ3n) is 3.34. The molecule has 1 heterocycles. The van der Waals surface area contributed by atoms with Gasteiger partial charge >= 0.3 is 0 Å². The summed E-state index contributed by atoms with van der Waals surface area (Å²) in [5, 5.41) is 3.40. The van der Waals surface area contributed by atoms with Gasteiger partial charge in [-0.05, 0) is 44.5 Å². The van der Waals surface area contributed by atoms with Crippen LogP contribution in [0.4, 0.5) is 0 Å². The zero-order valence-corrected chi connectivity index (χ0v) is 13.2. The van der Waals surface area contributed by atoms with Crippen molar-refractivity contribution in [3.05, 3.63) is 48.0 Å². The second kappa shape index (κ2) is 7.84. The van der Waals surface area contributed by atoms with Crippen LogP contribution >= 0.6 is 0 Å². The molecular weight excluding hydrogens is 262 g/mol. The molecule has 0 radical (unpaired) electrons. The van der Waals surface area contributed by atoms with Gasteiger partial charge in [-0.1, -0.05) is 19.1 Å². The van der Waals surface area contributed by atoms with Crippen LogP contribution in [0.1, 0.15) is 44.5 Å². The van der Waals surface area contributed by atoms with Crippen molar-refractivity contribution in [3.8, 4) is 5.75 Å². The summed E-state index contributed by atoms with van der Waals surface area (Å²) in [7, 11) is 0. The highest BCUT2D eigenvalue weighted by Gasteiger charge is 2.06. The summed E-state index contributed by atoms with van der Waals surface area (Å²) in [5.74, 6) is 0.905. The van der Waals surface area contributed by atoms with Crippen molar-refractivity contribution >= 4 is 0 Å². The molecule has 0 saturated heterocycles. The van der Waals surface area contributed by atoms with Crippen LogP contribution in [-0.2, 0) is 13.2 Å². The minimum atomic E-state index is 0.399. The lowest BCUT2D eigenvalue weighted by Gasteiger charge is -2.13. The smallest absolute Gasteiger partial charge is 0.130 e. The highest BCUT2D eigenvalue weighted by Crippen LogP contribution is 2.16. The summed E-state index contributed by atoms with van der Waals surface area (Å²) in [6.07, 6.45) is 4.87. The molecule has 1 N–H and O–H groups in total. The lowest BCUT2D eigenvalue weighted by atomic mass is 10.2. The van der Waals surface area contributed by atoms with Crippen molar-refractivity contribution in [3.63, 3.8) is 0 Å². The minimum absolute atomic E-state index is 0.399. The Labute approximate surface area is 127 Å². The molecule has 0 aliphatic carbocycles. The summed E-state index contributed by atoms with van der Waals surface area (Å²) in [6, 6.07) is 8.65. The van der Waals surface area contributed by atoms with Gasteiger partial charge in [0.25, 0.3) is 0 Å². The van der Waals surface area contributed by atoms with Gasteiger partial charge in [-0.2, -0.15) is 0 Å². The molecule has 0 atom stereocenters. The number of hydrogen-bond acceptors (Lipinski definition) is 3. The van der Waals surface area contributed by atoms with Crippen molar-refractivity contribution in [2.75, 3.05) is 6.54 Å². The lowest BCUT2D eigenvalue weighted by molar-refractivity contribution is 0.291. The van der Waals surface area contributed by atoms with Crippen molar-refractivity contribution in [2.45, 2.75) is 46.4 Å². The molecule has 2 rings (SSSR count). The van der Waals surface area contributed by atoms with E-state index < -0.39 is 0 Å².